The van der Waals surface area contributed by atoms with Crippen molar-refractivity contribution in [1.82, 2.24) is 0 Å². The van der Waals surface area contributed by atoms with Crippen LogP contribution in [0.3, 0.4) is 0 Å². The van der Waals surface area contributed by atoms with Gasteiger partial charge in [0.25, 0.3) is 0 Å². The normalized spacial score (nSPS) is 15.6. The van der Waals surface area contributed by atoms with Gasteiger partial charge >= 0.3 is 5.97 Å². The van der Waals surface area contributed by atoms with Crippen molar-refractivity contribution in [2.45, 2.75) is 12.5 Å². The molecule has 0 bridgehead atoms. The van der Waals surface area contributed by atoms with Gasteiger partial charge in [0.2, 0.25) is 5.91 Å². The number of ether oxygens (including phenoxy) is 3. The molecule has 8 nitrogen and oxygen atoms in total. The van der Waals surface area contributed by atoms with Crippen LogP contribution in [0.25, 0.3) is 0 Å². The number of amides is 1. The molecule has 0 spiro atoms. The lowest BCUT2D eigenvalue weighted by Gasteiger charge is -2.29. The van der Waals surface area contributed by atoms with Gasteiger partial charge in [-0.25, -0.2) is 4.79 Å². The first-order chi connectivity index (χ1) is 12.1. The lowest BCUT2D eigenvalue weighted by Crippen LogP contribution is -2.36. The summed E-state index contributed by atoms with van der Waals surface area (Å²) in [5.41, 5.74) is 7.13. The predicted octanol–water partition coefficient (Wildman–Crippen LogP) is 0.612. The Hall–Kier alpha value is -2.16. The molecular formula is C17H25N3O5. The number of hydrogen-bond donors (Lipinski definition) is 2. The van der Waals surface area contributed by atoms with Gasteiger partial charge in [0.05, 0.1) is 44.1 Å². The second-order valence-electron chi connectivity index (χ2n) is 5.67. The number of benzene rings is 1. The largest absolute Gasteiger partial charge is 0.465 e. The van der Waals surface area contributed by atoms with Crippen molar-refractivity contribution < 1.29 is 23.8 Å². The van der Waals surface area contributed by atoms with E-state index in [1.54, 1.807) is 12.1 Å². The fourth-order valence-electron chi connectivity index (χ4n) is 2.61. The van der Waals surface area contributed by atoms with Gasteiger partial charge in [0, 0.05) is 32.4 Å². The molecule has 8 heteroatoms. The van der Waals surface area contributed by atoms with Crippen molar-refractivity contribution in [3.63, 3.8) is 0 Å². The summed E-state index contributed by atoms with van der Waals surface area (Å²) >= 11 is 0. The minimum Gasteiger partial charge on any atom is -0.465 e. The molecule has 1 aromatic carbocycles. The van der Waals surface area contributed by atoms with Crippen LogP contribution in [0.5, 0.6) is 0 Å². The minimum absolute atomic E-state index is 0.110. The number of nitrogens with one attached hydrogen (secondary N) is 1. The van der Waals surface area contributed by atoms with Crippen molar-refractivity contribution in [3.05, 3.63) is 23.8 Å². The first-order valence-corrected chi connectivity index (χ1v) is 8.16. The molecule has 2 rings (SSSR count). The molecule has 138 valence electrons. The molecule has 1 heterocycles. The number of morpholine rings is 1. The van der Waals surface area contributed by atoms with E-state index in [4.69, 9.17) is 19.9 Å². The number of anilines is 2. The van der Waals surface area contributed by atoms with Crippen LogP contribution in [-0.4, -0.2) is 65.0 Å². The lowest BCUT2D eigenvalue weighted by atomic mass is 10.1. The van der Waals surface area contributed by atoms with Gasteiger partial charge in [-0.15, -0.1) is 0 Å². The highest BCUT2D eigenvalue weighted by Crippen LogP contribution is 2.25. The second-order valence-corrected chi connectivity index (χ2v) is 5.67. The van der Waals surface area contributed by atoms with E-state index >= 15 is 0 Å². The highest BCUT2D eigenvalue weighted by Gasteiger charge is 2.19. The minimum atomic E-state index is -0.507. The van der Waals surface area contributed by atoms with Crippen LogP contribution in [0.1, 0.15) is 16.8 Å². The Balaban J connectivity index is 2.18. The van der Waals surface area contributed by atoms with Crippen LogP contribution in [0, 0.1) is 0 Å². The van der Waals surface area contributed by atoms with Crippen LogP contribution >= 0.6 is 0 Å². The number of hydrogen-bond acceptors (Lipinski definition) is 7. The Morgan fingerprint density at radius 1 is 1.32 bits per heavy atom. The Kier molecular flexibility index (Phi) is 7.17. The van der Waals surface area contributed by atoms with Gasteiger partial charge in [0.15, 0.2) is 0 Å². The van der Waals surface area contributed by atoms with E-state index in [1.807, 2.05) is 6.07 Å². The van der Waals surface area contributed by atoms with Gasteiger partial charge < -0.3 is 30.2 Å². The first kappa shape index (κ1) is 19.2. The maximum Gasteiger partial charge on any atom is 0.340 e. The number of rotatable bonds is 7. The molecule has 25 heavy (non-hydrogen) atoms. The number of methoxy groups -OCH3 is 2. The molecule has 0 aromatic heterocycles. The topological polar surface area (TPSA) is 103 Å². The molecule has 1 atom stereocenters. The van der Waals surface area contributed by atoms with E-state index in [0.717, 1.165) is 18.8 Å². The molecule has 1 amide bonds. The molecule has 3 N–H and O–H groups in total. The number of carbonyl (C=O) groups is 2. The molecule has 1 aromatic rings. The van der Waals surface area contributed by atoms with E-state index < -0.39 is 5.97 Å². The molecule has 1 aliphatic heterocycles. The average Bonchev–Trinajstić information content (AvgIpc) is 2.66. The summed E-state index contributed by atoms with van der Waals surface area (Å²) in [4.78, 5) is 26.4. The van der Waals surface area contributed by atoms with E-state index in [2.05, 4.69) is 10.2 Å². The highest BCUT2D eigenvalue weighted by molar-refractivity contribution is 6.02. The molecule has 1 fully saturated rings. The number of esters is 1. The van der Waals surface area contributed by atoms with Gasteiger partial charge in [-0.1, -0.05) is 0 Å². The van der Waals surface area contributed by atoms with E-state index in [0.29, 0.717) is 24.5 Å². The van der Waals surface area contributed by atoms with Crippen molar-refractivity contribution in [1.29, 1.82) is 0 Å². The summed E-state index contributed by atoms with van der Waals surface area (Å²) < 4.78 is 15.3. The summed E-state index contributed by atoms with van der Waals surface area (Å²) in [5.74, 6) is -0.783. The molecule has 1 unspecified atom stereocenters. The van der Waals surface area contributed by atoms with Crippen molar-refractivity contribution in [3.8, 4) is 0 Å². The first-order valence-electron chi connectivity index (χ1n) is 8.16. The number of carbonyl (C=O) groups excluding carboxylic acids is 2. The van der Waals surface area contributed by atoms with Crippen LogP contribution in [-0.2, 0) is 19.0 Å². The van der Waals surface area contributed by atoms with Crippen molar-refractivity contribution in [2.24, 2.45) is 5.73 Å². The second kappa shape index (κ2) is 9.36. The zero-order chi connectivity index (χ0) is 18.2. The monoisotopic (exact) mass is 351 g/mol. The zero-order valence-electron chi connectivity index (χ0n) is 14.6. The third-order valence-corrected chi connectivity index (χ3v) is 4.07. The highest BCUT2D eigenvalue weighted by atomic mass is 16.5. The molecule has 0 aliphatic carbocycles. The van der Waals surface area contributed by atoms with Crippen LogP contribution in [0.4, 0.5) is 11.4 Å². The molecule has 1 saturated heterocycles. The van der Waals surface area contributed by atoms with Gasteiger partial charge in [-0.05, 0) is 18.2 Å². The maximum absolute atomic E-state index is 12.2. The number of nitrogens with zero attached hydrogens (tertiary/aromatic N) is 1. The third-order valence-electron chi connectivity index (χ3n) is 4.07. The molecular weight excluding hydrogens is 326 g/mol. The molecule has 1 aliphatic rings. The van der Waals surface area contributed by atoms with Crippen LogP contribution < -0.4 is 16.0 Å². The predicted molar refractivity (Wildman–Crippen MR) is 93.9 cm³/mol. The zero-order valence-corrected chi connectivity index (χ0v) is 14.6. The smallest absolute Gasteiger partial charge is 0.340 e. The molecule has 0 radical (unpaired) electrons. The quantitative estimate of drug-likeness (QED) is 0.694. The fourth-order valence-corrected chi connectivity index (χ4v) is 2.61. The average molecular weight is 351 g/mol. The molecule has 0 saturated carbocycles. The Labute approximate surface area is 147 Å². The lowest BCUT2D eigenvalue weighted by molar-refractivity contribution is -0.118. The van der Waals surface area contributed by atoms with Gasteiger partial charge in [0.1, 0.15) is 0 Å². The van der Waals surface area contributed by atoms with E-state index in [9.17, 15) is 9.59 Å². The SMILES string of the molecule is COC(=O)c1cc(N2CCOCC2)ccc1NC(=O)CC(CN)OC. The summed E-state index contributed by atoms with van der Waals surface area (Å²) in [6.45, 7) is 3.02. The summed E-state index contributed by atoms with van der Waals surface area (Å²) in [7, 11) is 2.81. The van der Waals surface area contributed by atoms with E-state index in [-0.39, 0.29) is 25.0 Å². The Morgan fingerprint density at radius 2 is 2.04 bits per heavy atom. The third kappa shape index (κ3) is 5.15. The Bertz CT molecular complexity index is 598. The fraction of sp³-hybridized carbons (Fsp3) is 0.529. The summed E-state index contributed by atoms with van der Waals surface area (Å²) in [6, 6.07) is 5.30. The summed E-state index contributed by atoms with van der Waals surface area (Å²) in [5, 5.41) is 2.74. The van der Waals surface area contributed by atoms with E-state index in [1.165, 1.54) is 14.2 Å². The van der Waals surface area contributed by atoms with Gasteiger partial charge in [-0.3, -0.25) is 4.79 Å². The summed E-state index contributed by atoms with van der Waals surface area (Å²) in [6.07, 6.45) is -0.257. The maximum atomic E-state index is 12.2. The van der Waals surface area contributed by atoms with Crippen molar-refractivity contribution in [2.75, 3.05) is 57.3 Å². The van der Waals surface area contributed by atoms with Crippen molar-refractivity contribution >= 4 is 23.3 Å². The van der Waals surface area contributed by atoms with Gasteiger partial charge in [-0.2, -0.15) is 0 Å². The Morgan fingerprint density at radius 3 is 2.64 bits per heavy atom. The van der Waals surface area contributed by atoms with Crippen LogP contribution in [0.15, 0.2) is 18.2 Å². The standard InChI is InChI=1S/C17H25N3O5/c1-23-13(11-18)10-16(21)19-15-4-3-12(9-14(15)17(22)24-2)20-5-7-25-8-6-20/h3-4,9,13H,5-8,10-11,18H2,1-2H3,(H,19,21). The number of nitrogens with two attached hydrogens (primary N) is 1. The van der Waals surface area contributed by atoms with Crippen LogP contribution in [0.2, 0.25) is 0 Å².